The van der Waals surface area contributed by atoms with E-state index in [1.165, 1.54) is 4.90 Å². The number of carbonyl (C=O) groups is 3. The Morgan fingerprint density at radius 1 is 0.824 bits per heavy atom. The third kappa shape index (κ3) is 3.35. The van der Waals surface area contributed by atoms with Crippen molar-refractivity contribution >= 4 is 34.2 Å². The predicted molar refractivity (Wildman–Crippen MR) is 131 cm³/mol. The van der Waals surface area contributed by atoms with Gasteiger partial charge in [-0.05, 0) is 41.7 Å². The van der Waals surface area contributed by atoms with Gasteiger partial charge >= 0.3 is 0 Å². The molecule has 5 heteroatoms. The van der Waals surface area contributed by atoms with Gasteiger partial charge in [0.25, 0.3) is 0 Å². The molecule has 170 valence electrons. The lowest BCUT2D eigenvalue weighted by atomic mass is 9.63. The smallest absolute Gasteiger partial charge is 0.248 e. The number of nitrogens with one attached hydrogen (secondary N) is 1. The van der Waals surface area contributed by atoms with Crippen LogP contribution in [-0.4, -0.2) is 28.7 Å². The number of hydrogen-bond acceptors (Lipinski definition) is 3. The Bertz CT molecular complexity index is 1280. The highest BCUT2D eigenvalue weighted by Crippen LogP contribution is 2.50. The van der Waals surface area contributed by atoms with E-state index in [4.69, 9.17) is 0 Å². The molecule has 3 aliphatic carbocycles. The van der Waals surface area contributed by atoms with Gasteiger partial charge in [-0.15, -0.1) is 0 Å². The Morgan fingerprint density at radius 2 is 1.44 bits per heavy atom. The molecule has 0 spiro atoms. The van der Waals surface area contributed by atoms with Crippen molar-refractivity contribution in [3.8, 4) is 0 Å². The SMILES string of the molecule is O=C(Nc1cccc2ccccc12)C(Cc1ccccc1)N1C(=O)C2C3C=CC(CC3)C2C1=O. The van der Waals surface area contributed by atoms with Gasteiger partial charge < -0.3 is 5.32 Å². The molecule has 3 aromatic rings. The minimum atomic E-state index is -0.897. The van der Waals surface area contributed by atoms with E-state index in [1.807, 2.05) is 72.8 Å². The van der Waals surface area contributed by atoms with Gasteiger partial charge in [-0.2, -0.15) is 0 Å². The number of likely N-dealkylation sites (tertiary alicyclic amines) is 1. The molecule has 34 heavy (non-hydrogen) atoms. The van der Waals surface area contributed by atoms with E-state index in [2.05, 4.69) is 17.5 Å². The number of hydrogen-bond donors (Lipinski definition) is 1. The Labute approximate surface area is 198 Å². The number of benzene rings is 3. The molecule has 5 unspecified atom stereocenters. The quantitative estimate of drug-likeness (QED) is 0.457. The number of nitrogens with zero attached hydrogens (tertiary/aromatic N) is 1. The summed E-state index contributed by atoms with van der Waals surface area (Å²) in [6.45, 7) is 0. The number of imide groups is 1. The van der Waals surface area contributed by atoms with Gasteiger partial charge in [0.15, 0.2) is 0 Å². The van der Waals surface area contributed by atoms with Crippen molar-refractivity contribution < 1.29 is 14.4 Å². The summed E-state index contributed by atoms with van der Waals surface area (Å²) < 4.78 is 0. The van der Waals surface area contributed by atoms with E-state index >= 15 is 0 Å². The fourth-order valence-electron chi connectivity index (χ4n) is 6.09. The van der Waals surface area contributed by atoms with Gasteiger partial charge in [-0.3, -0.25) is 19.3 Å². The number of amides is 3. The standard InChI is InChI=1S/C29H26N2O3/c32-27(30-23-12-6-10-19-9-4-5-11-22(19)23)24(17-18-7-2-1-3-8-18)31-28(33)25-20-13-14-21(16-15-20)26(25)29(31)34/h1-14,20-21,24-26H,15-17H2,(H,30,32). The molecule has 7 rings (SSSR count). The number of carbonyl (C=O) groups excluding carboxylic acids is 3. The molecule has 3 aromatic carbocycles. The lowest BCUT2D eigenvalue weighted by molar-refractivity contribution is -0.146. The van der Waals surface area contributed by atoms with E-state index in [9.17, 15) is 14.4 Å². The molecule has 1 saturated carbocycles. The van der Waals surface area contributed by atoms with Crippen molar-refractivity contribution in [1.29, 1.82) is 0 Å². The number of anilines is 1. The first kappa shape index (κ1) is 20.8. The van der Waals surface area contributed by atoms with Gasteiger partial charge in [0, 0.05) is 17.5 Å². The van der Waals surface area contributed by atoms with Crippen LogP contribution in [0.3, 0.4) is 0 Å². The second-order valence-corrected chi connectivity index (χ2v) is 9.61. The van der Waals surface area contributed by atoms with E-state index in [0.29, 0.717) is 5.69 Å². The van der Waals surface area contributed by atoms with Crippen molar-refractivity contribution in [3.63, 3.8) is 0 Å². The fraction of sp³-hybridized carbons (Fsp3) is 0.276. The van der Waals surface area contributed by atoms with Crippen LogP contribution in [-0.2, 0) is 20.8 Å². The normalized spacial score (nSPS) is 26.1. The molecule has 1 heterocycles. The summed E-state index contributed by atoms with van der Waals surface area (Å²) in [5.74, 6) is -1.20. The van der Waals surface area contributed by atoms with Crippen LogP contribution in [0.4, 0.5) is 5.69 Å². The zero-order valence-electron chi connectivity index (χ0n) is 18.8. The summed E-state index contributed by atoms with van der Waals surface area (Å²) in [5, 5.41) is 4.98. The zero-order chi connectivity index (χ0) is 23.2. The van der Waals surface area contributed by atoms with E-state index < -0.39 is 6.04 Å². The first-order valence-corrected chi connectivity index (χ1v) is 12.0. The van der Waals surface area contributed by atoms with E-state index in [-0.39, 0.29) is 47.8 Å². The third-order valence-electron chi connectivity index (χ3n) is 7.73. The lowest BCUT2D eigenvalue weighted by Crippen LogP contribution is -2.49. The lowest BCUT2D eigenvalue weighted by Gasteiger charge is -2.38. The minimum absolute atomic E-state index is 0.0925. The summed E-state index contributed by atoms with van der Waals surface area (Å²) in [4.78, 5) is 42.3. The molecule has 0 aromatic heterocycles. The Kier molecular flexibility index (Phi) is 5.05. The number of allylic oxidation sites excluding steroid dienone is 2. The molecule has 1 aliphatic heterocycles. The topological polar surface area (TPSA) is 66.5 Å². The summed E-state index contributed by atoms with van der Waals surface area (Å²) in [5.41, 5.74) is 1.59. The molecule has 1 saturated heterocycles. The van der Waals surface area contributed by atoms with Gasteiger partial charge in [-0.1, -0.05) is 78.9 Å². The van der Waals surface area contributed by atoms with Gasteiger partial charge in [0.05, 0.1) is 11.8 Å². The average molecular weight is 451 g/mol. The molecular formula is C29H26N2O3. The molecule has 4 aliphatic rings. The highest BCUT2D eigenvalue weighted by molar-refractivity contribution is 6.12. The monoisotopic (exact) mass is 450 g/mol. The van der Waals surface area contributed by atoms with Crippen molar-refractivity contribution in [2.24, 2.45) is 23.7 Å². The summed E-state index contributed by atoms with van der Waals surface area (Å²) in [6.07, 6.45) is 6.36. The van der Waals surface area contributed by atoms with E-state index in [0.717, 1.165) is 29.2 Å². The average Bonchev–Trinajstić information content (AvgIpc) is 3.16. The van der Waals surface area contributed by atoms with Crippen LogP contribution in [0.25, 0.3) is 10.8 Å². The first-order chi connectivity index (χ1) is 16.6. The molecule has 5 nitrogen and oxygen atoms in total. The van der Waals surface area contributed by atoms with Gasteiger partial charge in [0.2, 0.25) is 17.7 Å². The maximum atomic E-state index is 13.8. The molecular weight excluding hydrogens is 424 g/mol. The molecule has 2 bridgehead atoms. The highest BCUT2D eigenvalue weighted by atomic mass is 16.2. The molecule has 1 N–H and O–H groups in total. The van der Waals surface area contributed by atoms with Crippen LogP contribution in [0.5, 0.6) is 0 Å². The molecule has 3 amide bonds. The predicted octanol–water partition coefficient (Wildman–Crippen LogP) is 4.59. The summed E-state index contributed by atoms with van der Waals surface area (Å²) >= 11 is 0. The first-order valence-electron chi connectivity index (χ1n) is 12.0. The maximum Gasteiger partial charge on any atom is 0.248 e. The zero-order valence-corrected chi connectivity index (χ0v) is 18.8. The Balaban J connectivity index is 1.36. The maximum absolute atomic E-state index is 13.8. The van der Waals surface area contributed by atoms with Crippen LogP contribution < -0.4 is 5.32 Å². The third-order valence-corrected chi connectivity index (χ3v) is 7.73. The van der Waals surface area contributed by atoms with Gasteiger partial charge in [0.1, 0.15) is 6.04 Å². The number of rotatable bonds is 5. The van der Waals surface area contributed by atoms with E-state index in [1.54, 1.807) is 0 Å². The minimum Gasteiger partial charge on any atom is -0.324 e. The van der Waals surface area contributed by atoms with Crippen LogP contribution in [0.1, 0.15) is 18.4 Å². The highest BCUT2D eigenvalue weighted by Gasteiger charge is 2.58. The molecule has 5 atom stereocenters. The van der Waals surface area contributed by atoms with Crippen molar-refractivity contribution in [2.45, 2.75) is 25.3 Å². The van der Waals surface area contributed by atoms with Crippen molar-refractivity contribution in [3.05, 3.63) is 90.5 Å². The van der Waals surface area contributed by atoms with Crippen molar-refractivity contribution in [2.75, 3.05) is 5.32 Å². The Hall–Kier alpha value is -3.73. The van der Waals surface area contributed by atoms with Crippen LogP contribution in [0, 0.1) is 23.7 Å². The van der Waals surface area contributed by atoms with Crippen molar-refractivity contribution in [1.82, 2.24) is 4.90 Å². The van der Waals surface area contributed by atoms with Crippen LogP contribution in [0.15, 0.2) is 84.9 Å². The second kappa shape index (κ2) is 8.24. The number of fused-ring (bicyclic) bond motifs is 2. The largest absolute Gasteiger partial charge is 0.324 e. The summed E-state index contributed by atoms with van der Waals surface area (Å²) in [7, 11) is 0. The summed E-state index contributed by atoms with van der Waals surface area (Å²) in [6, 6.07) is 22.3. The van der Waals surface area contributed by atoms with Crippen LogP contribution >= 0.6 is 0 Å². The van der Waals surface area contributed by atoms with Crippen LogP contribution in [0.2, 0.25) is 0 Å². The van der Waals surface area contributed by atoms with Gasteiger partial charge in [-0.25, -0.2) is 0 Å². The second-order valence-electron chi connectivity index (χ2n) is 9.61. The Morgan fingerprint density at radius 3 is 2.12 bits per heavy atom. The fourth-order valence-corrected chi connectivity index (χ4v) is 6.09. The molecule has 2 fully saturated rings. The molecule has 0 radical (unpaired) electrons.